The van der Waals surface area contributed by atoms with Crippen LogP contribution in [0.25, 0.3) is 0 Å². The summed E-state index contributed by atoms with van der Waals surface area (Å²) in [5.74, 6) is 0.0961. The molecule has 2 rings (SSSR count). The molecule has 0 bridgehead atoms. The summed E-state index contributed by atoms with van der Waals surface area (Å²) < 4.78 is 0. The van der Waals surface area contributed by atoms with E-state index in [0.29, 0.717) is 19.6 Å². The summed E-state index contributed by atoms with van der Waals surface area (Å²) in [6, 6.07) is 8.20. The summed E-state index contributed by atoms with van der Waals surface area (Å²) in [6.45, 7) is 9.89. The molecule has 1 heterocycles. The number of hydrogen-bond acceptors (Lipinski definition) is 2. The van der Waals surface area contributed by atoms with Gasteiger partial charge in [0.1, 0.15) is 0 Å². The summed E-state index contributed by atoms with van der Waals surface area (Å²) in [6.07, 6.45) is 2.05. The molecule has 1 aliphatic rings. The SMILES string of the molecule is CCCCNC(=O)C1CN(C(=O)C(C)C)CC1c1ccccc1C. The first-order chi connectivity index (χ1) is 11.5. The topological polar surface area (TPSA) is 49.4 Å². The number of likely N-dealkylation sites (tertiary alicyclic amines) is 1. The van der Waals surface area contributed by atoms with Crippen molar-refractivity contribution in [1.82, 2.24) is 10.2 Å². The van der Waals surface area contributed by atoms with Crippen LogP contribution >= 0.6 is 0 Å². The fourth-order valence-electron chi connectivity index (χ4n) is 3.45. The molecule has 4 nitrogen and oxygen atoms in total. The molecule has 4 heteroatoms. The van der Waals surface area contributed by atoms with Crippen molar-refractivity contribution < 1.29 is 9.59 Å². The lowest BCUT2D eigenvalue weighted by Gasteiger charge is -2.20. The van der Waals surface area contributed by atoms with Crippen molar-refractivity contribution in [2.75, 3.05) is 19.6 Å². The molecule has 1 aromatic carbocycles. The highest BCUT2D eigenvalue weighted by atomic mass is 16.2. The van der Waals surface area contributed by atoms with Crippen LogP contribution in [0.1, 0.15) is 50.7 Å². The smallest absolute Gasteiger partial charge is 0.225 e. The summed E-state index contributed by atoms with van der Waals surface area (Å²) in [5.41, 5.74) is 2.37. The van der Waals surface area contributed by atoms with Gasteiger partial charge in [-0.1, -0.05) is 51.5 Å². The van der Waals surface area contributed by atoms with Crippen molar-refractivity contribution in [3.05, 3.63) is 35.4 Å². The molecule has 132 valence electrons. The Morgan fingerprint density at radius 1 is 1.25 bits per heavy atom. The normalized spacial score (nSPS) is 20.5. The van der Waals surface area contributed by atoms with E-state index >= 15 is 0 Å². The Hall–Kier alpha value is -1.84. The summed E-state index contributed by atoms with van der Waals surface area (Å²) in [5, 5.41) is 3.06. The maximum Gasteiger partial charge on any atom is 0.225 e. The second kappa shape index (κ2) is 8.32. The van der Waals surface area contributed by atoms with Crippen molar-refractivity contribution in [1.29, 1.82) is 0 Å². The van der Waals surface area contributed by atoms with Crippen molar-refractivity contribution in [2.45, 2.75) is 46.5 Å². The zero-order valence-electron chi connectivity index (χ0n) is 15.3. The van der Waals surface area contributed by atoms with Gasteiger partial charge in [0.25, 0.3) is 0 Å². The zero-order valence-corrected chi connectivity index (χ0v) is 15.3. The van der Waals surface area contributed by atoms with Gasteiger partial charge in [-0.2, -0.15) is 0 Å². The van der Waals surface area contributed by atoms with Gasteiger partial charge in [-0.3, -0.25) is 9.59 Å². The lowest BCUT2D eigenvalue weighted by Crippen LogP contribution is -2.37. The van der Waals surface area contributed by atoms with Gasteiger partial charge in [0.15, 0.2) is 0 Å². The second-order valence-corrected chi connectivity index (χ2v) is 7.11. The lowest BCUT2D eigenvalue weighted by molar-refractivity contribution is -0.133. The quantitative estimate of drug-likeness (QED) is 0.815. The molecule has 1 N–H and O–H groups in total. The predicted octanol–water partition coefficient (Wildman–Crippen LogP) is 3.11. The molecule has 1 saturated heterocycles. The molecule has 1 fully saturated rings. The van der Waals surface area contributed by atoms with Crippen LogP contribution in [0.4, 0.5) is 0 Å². The number of carbonyl (C=O) groups is 2. The average molecular weight is 330 g/mol. The van der Waals surface area contributed by atoms with Crippen LogP contribution < -0.4 is 5.32 Å². The van der Waals surface area contributed by atoms with Gasteiger partial charge in [-0.05, 0) is 24.5 Å². The maximum absolute atomic E-state index is 12.7. The number of rotatable bonds is 6. The molecule has 0 aliphatic carbocycles. The van der Waals surface area contributed by atoms with E-state index in [-0.39, 0.29) is 29.6 Å². The molecule has 0 aromatic heterocycles. The summed E-state index contributed by atoms with van der Waals surface area (Å²) >= 11 is 0. The van der Waals surface area contributed by atoms with Gasteiger partial charge in [0, 0.05) is 31.5 Å². The van der Waals surface area contributed by atoms with Crippen molar-refractivity contribution in [3.8, 4) is 0 Å². The first-order valence-electron chi connectivity index (χ1n) is 9.07. The first kappa shape index (κ1) is 18.5. The van der Waals surface area contributed by atoms with Gasteiger partial charge < -0.3 is 10.2 Å². The summed E-state index contributed by atoms with van der Waals surface area (Å²) in [7, 11) is 0. The molecule has 0 saturated carbocycles. The molecule has 0 radical (unpaired) electrons. The number of nitrogens with one attached hydrogen (secondary N) is 1. The highest BCUT2D eigenvalue weighted by Gasteiger charge is 2.41. The Morgan fingerprint density at radius 2 is 1.96 bits per heavy atom. The molecular weight excluding hydrogens is 300 g/mol. The Morgan fingerprint density at radius 3 is 2.58 bits per heavy atom. The fourth-order valence-corrected chi connectivity index (χ4v) is 3.45. The molecular formula is C20H30N2O2. The number of unbranched alkanes of at least 4 members (excludes halogenated alkanes) is 1. The highest BCUT2D eigenvalue weighted by Crippen LogP contribution is 2.35. The van der Waals surface area contributed by atoms with Crippen LogP contribution in [0.5, 0.6) is 0 Å². The van der Waals surface area contributed by atoms with Gasteiger partial charge in [0.05, 0.1) is 5.92 Å². The number of carbonyl (C=O) groups excluding carboxylic acids is 2. The number of nitrogens with zero attached hydrogens (tertiary/aromatic N) is 1. The van der Waals surface area contributed by atoms with Crippen LogP contribution in [0, 0.1) is 18.8 Å². The Kier molecular flexibility index (Phi) is 6.41. The van der Waals surface area contributed by atoms with Crippen LogP contribution in [-0.4, -0.2) is 36.3 Å². The van der Waals surface area contributed by atoms with Gasteiger partial charge in [0.2, 0.25) is 11.8 Å². The number of benzene rings is 1. The van der Waals surface area contributed by atoms with Crippen LogP contribution in [0.3, 0.4) is 0 Å². The molecule has 1 aromatic rings. The zero-order chi connectivity index (χ0) is 17.7. The number of aryl methyl sites for hydroxylation is 1. The number of hydrogen-bond donors (Lipinski definition) is 1. The maximum atomic E-state index is 12.7. The molecule has 0 spiro atoms. The van der Waals surface area contributed by atoms with E-state index in [9.17, 15) is 9.59 Å². The van der Waals surface area contributed by atoms with E-state index in [1.165, 1.54) is 11.1 Å². The standard InChI is InChI=1S/C20H30N2O2/c1-5-6-11-21-19(23)18-13-22(20(24)14(2)3)12-17(18)16-10-8-7-9-15(16)4/h7-10,14,17-18H,5-6,11-13H2,1-4H3,(H,21,23). The third kappa shape index (κ3) is 4.16. The molecule has 2 unspecified atom stereocenters. The van der Waals surface area contributed by atoms with E-state index in [0.717, 1.165) is 12.8 Å². The molecule has 2 atom stereocenters. The Labute approximate surface area is 145 Å². The van der Waals surface area contributed by atoms with Gasteiger partial charge in [-0.25, -0.2) is 0 Å². The van der Waals surface area contributed by atoms with E-state index < -0.39 is 0 Å². The van der Waals surface area contributed by atoms with Crippen LogP contribution in [-0.2, 0) is 9.59 Å². The molecule has 2 amide bonds. The largest absolute Gasteiger partial charge is 0.356 e. The van der Waals surface area contributed by atoms with Crippen LogP contribution in [0.2, 0.25) is 0 Å². The second-order valence-electron chi connectivity index (χ2n) is 7.11. The van der Waals surface area contributed by atoms with E-state index in [1.807, 2.05) is 30.9 Å². The average Bonchev–Trinajstić information content (AvgIpc) is 2.99. The van der Waals surface area contributed by atoms with Crippen molar-refractivity contribution >= 4 is 11.8 Å². The predicted molar refractivity (Wildman–Crippen MR) is 96.7 cm³/mol. The monoisotopic (exact) mass is 330 g/mol. The minimum Gasteiger partial charge on any atom is -0.356 e. The lowest BCUT2D eigenvalue weighted by atomic mass is 9.86. The van der Waals surface area contributed by atoms with E-state index in [4.69, 9.17) is 0 Å². The van der Waals surface area contributed by atoms with Crippen molar-refractivity contribution in [3.63, 3.8) is 0 Å². The number of amides is 2. The fraction of sp³-hybridized carbons (Fsp3) is 0.600. The first-order valence-corrected chi connectivity index (χ1v) is 9.07. The summed E-state index contributed by atoms with van der Waals surface area (Å²) in [4.78, 5) is 27.0. The van der Waals surface area contributed by atoms with Crippen molar-refractivity contribution in [2.24, 2.45) is 11.8 Å². The van der Waals surface area contributed by atoms with E-state index in [1.54, 1.807) is 0 Å². The highest BCUT2D eigenvalue weighted by molar-refractivity contribution is 5.84. The third-order valence-corrected chi connectivity index (χ3v) is 4.88. The minimum atomic E-state index is -0.161. The van der Waals surface area contributed by atoms with Gasteiger partial charge in [-0.15, -0.1) is 0 Å². The molecule has 1 aliphatic heterocycles. The Bertz CT molecular complexity index is 583. The third-order valence-electron chi connectivity index (χ3n) is 4.88. The molecule has 24 heavy (non-hydrogen) atoms. The van der Waals surface area contributed by atoms with Crippen LogP contribution in [0.15, 0.2) is 24.3 Å². The van der Waals surface area contributed by atoms with E-state index in [2.05, 4.69) is 31.3 Å². The Balaban J connectivity index is 2.21. The minimum absolute atomic E-state index is 0.0376. The van der Waals surface area contributed by atoms with Gasteiger partial charge >= 0.3 is 0 Å².